The Labute approximate surface area is 109 Å². The van der Waals surface area contributed by atoms with Crippen LogP contribution in [0.15, 0.2) is 47.7 Å². The van der Waals surface area contributed by atoms with Crippen molar-refractivity contribution in [1.82, 2.24) is 14.9 Å². The van der Waals surface area contributed by atoms with E-state index in [1.165, 1.54) is 22.9 Å². The van der Waals surface area contributed by atoms with Gasteiger partial charge in [-0.1, -0.05) is 6.07 Å². The second-order valence-corrected chi connectivity index (χ2v) is 4.07. The maximum Gasteiger partial charge on any atom is 0.251 e. The molecule has 0 radical (unpaired) electrons. The summed E-state index contributed by atoms with van der Waals surface area (Å²) in [5, 5.41) is 2.71. The van der Waals surface area contributed by atoms with Crippen LogP contribution in [0.25, 0.3) is 0 Å². The summed E-state index contributed by atoms with van der Waals surface area (Å²) < 4.78 is 1.27. The Hall–Kier alpha value is -2.63. The summed E-state index contributed by atoms with van der Waals surface area (Å²) in [5.41, 5.74) is 6.65. The lowest BCUT2D eigenvalue weighted by molar-refractivity contribution is -0.121. The lowest BCUT2D eigenvalue weighted by atomic mass is 10.3. The second-order valence-electron chi connectivity index (χ2n) is 4.07. The zero-order valence-corrected chi connectivity index (χ0v) is 10.2. The van der Waals surface area contributed by atoms with Gasteiger partial charge in [-0.3, -0.25) is 14.6 Å². The zero-order chi connectivity index (χ0) is 13.7. The van der Waals surface area contributed by atoms with Gasteiger partial charge in [0, 0.05) is 36.9 Å². The van der Waals surface area contributed by atoms with Crippen molar-refractivity contribution in [2.24, 2.45) is 0 Å². The molecule has 0 bridgehead atoms. The van der Waals surface area contributed by atoms with Gasteiger partial charge in [0.05, 0.1) is 0 Å². The highest BCUT2D eigenvalue weighted by Gasteiger charge is 2.04. The molecule has 0 fully saturated rings. The first-order chi connectivity index (χ1) is 9.15. The third-order valence-electron chi connectivity index (χ3n) is 2.53. The van der Waals surface area contributed by atoms with Crippen molar-refractivity contribution in [3.63, 3.8) is 0 Å². The Morgan fingerprint density at radius 3 is 2.95 bits per heavy atom. The predicted molar refractivity (Wildman–Crippen MR) is 71.2 cm³/mol. The van der Waals surface area contributed by atoms with E-state index in [1.54, 1.807) is 18.5 Å². The summed E-state index contributed by atoms with van der Waals surface area (Å²) in [7, 11) is 0. The van der Waals surface area contributed by atoms with Gasteiger partial charge in [-0.25, -0.2) is 0 Å². The van der Waals surface area contributed by atoms with Crippen LogP contribution in [0.4, 0.5) is 5.69 Å². The van der Waals surface area contributed by atoms with Crippen LogP contribution < -0.4 is 16.6 Å². The number of hydrogen-bond acceptors (Lipinski definition) is 4. The summed E-state index contributed by atoms with van der Waals surface area (Å²) in [6.07, 6.45) is 4.79. The first-order valence-electron chi connectivity index (χ1n) is 5.77. The van der Waals surface area contributed by atoms with Crippen molar-refractivity contribution >= 4 is 11.6 Å². The average Bonchev–Trinajstić information content (AvgIpc) is 2.42. The third-order valence-corrected chi connectivity index (χ3v) is 2.53. The minimum absolute atomic E-state index is 0.0515. The summed E-state index contributed by atoms with van der Waals surface area (Å²) in [6.45, 7) is 0.327. The predicted octanol–water partition coefficient (Wildman–Crippen LogP) is 0.142. The maximum absolute atomic E-state index is 11.7. The van der Waals surface area contributed by atoms with Gasteiger partial charge in [0.15, 0.2) is 0 Å². The Bertz CT molecular complexity index is 622. The monoisotopic (exact) mass is 258 g/mol. The molecule has 0 saturated heterocycles. The van der Waals surface area contributed by atoms with Crippen molar-refractivity contribution in [3.05, 3.63) is 58.8 Å². The van der Waals surface area contributed by atoms with E-state index in [4.69, 9.17) is 5.73 Å². The fourth-order valence-corrected chi connectivity index (χ4v) is 1.59. The van der Waals surface area contributed by atoms with Crippen molar-refractivity contribution < 1.29 is 4.79 Å². The van der Waals surface area contributed by atoms with Gasteiger partial charge in [-0.15, -0.1) is 0 Å². The van der Waals surface area contributed by atoms with Crippen LogP contribution in [0.3, 0.4) is 0 Å². The molecular weight excluding hydrogens is 244 g/mol. The first kappa shape index (κ1) is 12.8. The summed E-state index contributed by atoms with van der Waals surface area (Å²) in [6, 6.07) is 6.50. The topological polar surface area (TPSA) is 90.0 Å². The van der Waals surface area contributed by atoms with Crippen LogP contribution in [0.1, 0.15) is 5.56 Å². The molecule has 2 aromatic rings. The summed E-state index contributed by atoms with van der Waals surface area (Å²) in [5.74, 6) is -0.253. The molecule has 6 nitrogen and oxygen atoms in total. The highest BCUT2D eigenvalue weighted by molar-refractivity contribution is 5.75. The van der Waals surface area contributed by atoms with Gasteiger partial charge in [0.25, 0.3) is 5.56 Å². The molecule has 0 atom stereocenters. The van der Waals surface area contributed by atoms with Crippen molar-refractivity contribution in [3.8, 4) is 0 Å². The molecule has 0 unspecified atom stereocenters. The van der Waals surface area contributed by atoms with E-state index in [9.17, 15) is 9.59 Å². The number of pyridine rings is 2. The molecule has 0 aliphatic heterocycles. The first-order valence-corrected chi connectivity index (χ1v) is 5.77. The van der Waals surface area contributed by atoms with E-state index in [1.807, 2.05) is 6.07 Å². The van der Waals surface area contributed by atoms with E-state index in [0.29, 0.717) is 12.2 Å². The molecule has 1 amide bonds. The molecule has 2 rings (SSSR count). The quantitative estimate of drug-likeness (QED) is 0.816. The summed E-state index contributed by atoms with van der Waals surface area (Å²) >= 11 is 0. The van der Waals surface area contributed by atoms with E-state index >= 15 is 0 Å². The van der Waals surface area contributed by atoms with Crippen LogP contribution >= 0.6 is 0 Å². The van der Waals surface area contributed by atoms with Crippen LogP contribution in [0.2, 0.25) is 0 Å². The normalized spacial score (nSPS) is 10.1. The van der Waals surface area contributed by atoms with Crippen LogP contribution in [-0.2, 0) is 17.9 Å². The molecule has 3 N–H and O–H groups in total. The number of amides is 1. The molecule has 0 spiro atoms. The van der Waals surface area contributed by atoms with Gasteiger partial charge < -0.3 is 15.6 Å². The largest absolute Gasteiger partial charge is 0.398 e. The molecule has 2 heterocycles. The van der Waals surface area contributed by atoms with Crippen LogP contribution in [0, 0.1) is 0 Å². The van der Waals surface area contributed by atoms with Crippen LogP contribution in [-0.4, -0.2) is 15.5 Å². The number of carbonyl (C=O) groups is 1. The van der Waals surface area contributed by atoms with E-state index in [2.05, 4.69) is 10.3 Å². The lowest BCUT2D eigenvalue weighted by Crippen LogP contribution is -2.31. The highest BCUT2D eigenvalue weighted by Crippen LogP contribution is 1.97. The fourth-order valence-electron chi connectivity index (χ4n) is 1.59. The lowest BCUT2D eigenvalue weighted by Gasteiger charge is -2.07. The molecule has 0 aromatic carbocycles. The molecule has 98 valence electrons. The highest BCUT2D eigenvalue weighted by atomic mass is 16.2. The maximum atomic E-state index is 11.7. The van der Waals surface area contributed by atoms with E-state index in [0.717, 1.165) is 5.56 Å². The number of rotatable bonds is 4. The number of aromatic nitrogens is 2. The smallest absolute Gasteiger partial charge is 0.251 e. The van der Waals surface area contributed by atoms with Gasteiger partial charge in [-0.2, -0.15) is 0 Å². The molecule has 0 aliphatic carbocycles. The second kappa shape index (κ2) is 5.81. The van der Waals surface area contributed by atoms with Gasteiger partial charge in [0.1, 0.15) is 6.54 Å². The summed E-state index contributed by atoms with van der Waals surface area (Å²) in [4.78, 5) is 27.2. The van der Waals surface area contributed by atoms with Crippen molar-refractivity contribution in [1.29, 1.82) is 0 Å². The Balaban J connectivity index is 1.95. The number of anilines is 1. The Morgan fingerprint density at radius 2 is 2.21 bits per heavy atom. The number of nitrogen functional groups attached to an aromatic ring is 1. The number of nitrogens with one attached hydrogen (secondary N) is 1. The van der Waals surface area contributed by atoms with Crippen LogP contribution in [0.5, 0.6) is 0 Å². The number of nitrogens with zero attached hydrogens (tertiary/aromatic N) is 2. The molecule has 0 saturated carbocycles. The number of nitrogens with two attached hydrogens (primary N) is 1. The Morgan fingerprint density at radius 1 is 1.37 bits per heavy atom. The average molecular weight is 258 g/mol. The van der Waals surface area contributed by atoms with E-state index < -0.39 is 0 Å². The van der Waals surface area contributed by atoms with Crippen molar-refractivity contribution in [2.45, 2.75) is 13.1 Å². The molecule has 2 aromatic heterocycles. The van der Waals surface area contributed by atoms with Crippen molar-refractivity contribution in [2.75, 3.05) is 5.73 Å². The molecule has 19 heavy (non-hydrogen) atoms. The molecular formula is C13H14N4O2. The van der Waals surface area contributed by atoms with Gasteiger partial charge in [-0.05, 0) is 17.7 Å². The molecule has 6 heteroatoms. The number of hydrogen-bond donors (Lipinski definition) is 2. The third kappa shape index (κ3) is 3.67. The Kier molecular flexibility index (Phi) is 3.92. The molecule has 0 aliphatic rings. The minimum atomic E-state index is -0.259. The van der Waals surface area contributed by atoms with Gasteiger partial charge in [0.2, 0.25) is 5.91 Å². The standard InChI is InChI=1S/C13H14N4O2/c14-11-3-4-13(19)17(8-11)9-12(18)16-7-10-2-1-5-15-6-10/h1-6,8H,7,9,14H2,(H,16,18). The minimum Gasteiger partial charge on any atom is -0.398 e. The van der Waals surface area contributed by atoms with E-state index in [-0.39, 0.29) is 18.0 Å². The fraction of sp³-hybridized carbons (Fsp3) is 0.154. The van der Waals surface area contributed by atoms with Gasteiger partial charge >= 0.3 is 0 Å². The zero-order valence-electron chi connectivity index (χ0n) is 10.2. The number of carbonyl (C=O) groups excluding carboxylic acids is 1. The SMILES string of the molecule is Nc1ccc(=O)n(CC(=O)NCc2cccnc2)c1.